The van der Waals surface area contributed by atoms with Crippen LogP contribution in [-0.2, 0) is 0 Å². The lowest BCUT2D eigenvalue weighted by Gasteiger charge is -2.29. The zero-order valence-electron chi connectivity index (χ0n) is 11.1. The van der Waals surface area contributed by atoms with Crippen LogP contribution in [0.2, 0.25) is 0 Å². The quantitative estimate of drug-likeness (QED) is 0.896. The molecule has 2 aromatic rings. The average Bonchev–Trinajstić information content (AvgIpc) is 2.72. The molecule has 1 unspecified atom stereocenters. The largest absolute Gasteiger partial charge is 0.337 e. The van der Waals surface area contributed by atoms with Crippen LogP contribution in [0.15, 0.2) is 30.5 Å². The number of benzene rings is 1. The van der Waals surface area contributed by atoms with Crippen molar-refractivity contribution in [3.63, 3.8) is 0 Å². The summed E-state index contributed by atoms with van der Waals surface area (Å²) in [6.07, 6.45) is 6.79. The molecule has 1 atom stereocenters. The van der Waals surface area contributed by atoms with Gasteiger partial charge in [-0.2, -0.15) is 0 Å². The van der Waals surface area contributed by atoms with Crippen molar-refractivity contribution in [2.75, 3.05) is 18.0 Å². The molecular formula is C15H20N4. The Kier molecular flexibility index (Phi) is 3.60. The summed E-state index contributed by atoms with van der Waals surface area (Å²) >= 11 is 0. The summed E-state index contributed by atoms with van der Waals surface area (Å²) in [5.41, 5.74) is 6.92. The van der Waals surface area contributed by atoms with Crippen LogP contribution in [0.5, 0.6) is 0 Å². The molecule has 3 rings (SSSR count). The lowest BCUT2D eigenvalue weighted by Crippen LogP contribution is -2.41. The number of hydrogen-bond acceptors (Lipinski definition) is 4. The fourth-order valence-corrected chi connectivity index (χ4v) is 2.79. The van der Waals surface area contributed by atoms with Crippen molar-refractivity contribution in [3.05, 3.63) is 30.5 Å². The predicted molar refractivity (Wildman–Crippen MR) is 78.2 cm³/mol. The molecule has 100 valence electrons. The molecule has 1 aromatic carbocycles. The van der Waals surface area contributed by atoms with E-state index in [0.717, 1.165) is 29.8 Å². The minimum Gasteiger partial charge on any atom is -0.337 e. The summed E-state index contributed by atoms with van der Waals surface area (Å²) in [4.78, 5) is 11.5. The van der Waals surface area contributed by atoms with E-state index in [0.29, 0.717) is 12.6 Å². The topological polar surface area (TPSA) is 55.0 Å². The Morgan fingerprint density at radius 1 is 1.21 bits per heavy atom. The molecule has 2 heterocycles. The highest BCUT2D eigenvalue weighted by Gasteiger charge is 2.22. The molecule has 1 aromatic heterocycles. The molecule has 4 heteroatoms. The molecule has 1 fully saturated rings. The van der Waals surface area contributed by atoms with Gasteiger partial charge in [0.2, 0.25) is 5.95 Å². The number of aromatic nitrogens is 2. The molecule has 4 nitrogen and oxygen atoms in total. The van der Waals surface area contributed by atoms with Crippen molar-refractivity contribution in [1.29, 1.82) is 0 Å². The lowest BCUT2D eigenvalue weighted by molar-refractivity contribution is 0.571. The van der Waals surface area contributed by atoms with Gasteiger partial charge in [0.15, 0.2) is 0 Å². The molecule has 2 N–H and O–H groups in total. The fourth-order valence-electron chi connectivity index (χ4n) is 2.79. The summed E-state index contributed by atoms with van der Waals surface area (Å²) in [5.74, 6) is 0.830. The highest BCUT2D eigenvalue weighted by molar-refractivity contribution is 5.78. The third kappa shape index (κ3) is 2.54. The predicted octanol–water partition coefficient (Wildman–Crippen LogP) is 2.34. The molecule has 1 aliphatic heterocycles. The molecule has 0 saturated carbocycles. The van der Waals surface area contributed by atoms with Crippen molar-refractivity contribution in [2.45, 2.75) is 31.7 Å². The standard InChI is InChI=1S/C15H20N4/c16-10-13-7-2-1-5-9-19(13)15-17-11-12-6-3-4-8-14(12)18-15/h3-4,6,8,11,13H,1-2,5,7,9-10,16H2. The number of nitrogens with two attached hydrogens (primary N) is 1. The van der Waals surface area contributed by atoms with E-state index in [1.165, 1.54) is 19.3 Å². The second-order valence-electron chi connectivity index (χ2n) is 5.16. The van der Waals surface area contributed by atoms with Crippen LogP contribution >= 0.6 is 0 Å². The van der Waals surface area contributed by atoms with E-state index in [-0.39, 0.29) is 0 Å². The first-order valence-corrected chi connectivity index (χ1v) is 7.07. The maximum atomic E-state index is 5.92. The lowest BCUT2D eigenvalue weighted by atomic mass is 10.1. The van der Waals surface area contributed by atoms with Crippen molar-refractivity contribution in [2.24, 2.45) is 5.73 Å². The summed E-state index contributed by atoms with van der Waals surface area (Å²) < 4.78 is 0. The number of fused-ring (bicyclic) bond motifs is 1. The Hall–Kier alpha value is -1.68. The molecule has 0 bridgehead atoms. The van der Waals surface area contributed by atoms with Crippen LogP contribution < -0.4 is 10.6 Å². The van der Waals surface area contributed by atoms with E-state index in [9.17, 15) is 0 Å². The summed E-state index contributed by atoms with van der Waals surface area (Å²) in [7, 11) is 0. The molecule has 1 aliphatic rings. The van der Waals surface area contributed by atoms with Crippen LogP contribution in [0.25, 0.3) is 10.9 Å². The van der Waals surface area contributed by atoms with Gasteiger partial charge in [-0.15, -0.1) is 0 Å². The Bertz CT molecular complexity index is 555. The third-order valence-corrected chi connectivity index (χ3v) is 3.88. The van der Waals surface area contributed by atoms with E-state index in [4.69, 9.17) is 10.7 Å². The molecule has 0 radical (unpaired) electrons. The number of hydrogen-bond donors (Lipinski definition) is 1. The fraction of sp³-hybridized carbons (Fsp3) is 0.467. The zero-order chi connectivity index (χ0) is 13.1. The van der Waals surface area contributed by atoms with Crippen molar-refractivity contribution in [3.8, 4) is 0 Å². The van der Waals surface area contributed by atoms with Crippen molar-refractivity contribution in [1.82, 2.24) is 9.97 Å². The normalized spacial score (nSPS) is 20.5. The van der Waals surface area contributed by atoms with Crippen molar-refractivity contribution < 1.29 is 0 Å². The van der Waals surface area contributed by atoms with Gasteiger partial charge >= 0.3 is 0 Å². The first-order chi connectivity index (χ1) is 9.38. The highest BCUT2D eigenvalue weighted by atomic mass is 15.3. The molecule has 0 aliphatic carbocycles. The zero-order valence-corrected chi connectivity index (χ0v) is 11.1. The summed E-state index contributed by atoms with van der Waals surface area (Å²) in [6, 6.07) is 8.49. The van der Waals surface area contributed by atoms with Gasteiger partial charge in [0.25, 0.3) is 0 Å². The molecule has 19 heavy (non-hydrogen) atoms. The second kappa shape index (κ2) is 5.53. The first kappa shape index (κ1) is 12.4. The Morgan fingerprint density at radius 2 is 2.11 bits per heavy atom. The molecule has 0 amide bonds. The SMILES string of the molecule is NCC1CCCCCN1c1ncc2ccccc2n1. The van der Waals surface area contributed by atoms with Gasteiger partial charge < -0.3 is 10.6 Å². The monoisotopic (exact) mass is 256 g/mol. The van der Waals surface area contributed by atoms with E-state index in [2.05, 4.69) is 9.88 Å². The van der Waals surface area contributed by atoms with Gasteiger partial charge in [-0.25, -0.2) is 9.97 Å². The molecule has 1 saturated heterocycles. The minimum atomic E-state index is 0.378. The maximum absolute atomic E-state index is 5.92. The van der Waals surface area contributed by atoms with Gasteiger partial charge in [0.1, 0.15) is 0 Å². The van der Waals surface area contributed by atoms with Gasteiger partial charge in [-0.3, -0.25) is 0 Å². The Labute approximate surface area is 113 Å². The van der Waals surface area contributed by atoms with Crippen LogP contribution in [0.1, 0.15) is 25.7 Å². The number of para-hydroxylation sites is 1. The first-order valence-electron chi connectivity index (χ1n) is 7.07. The summed E-state index contributed by atoms with van der Waals surface area (Å²) in [5, 5.41) is 1.09. The maximum Gasteiger partial charge on any atom is 0.226 e. The number of rotatable bonds is 2. The Balaban J connectivity index is 1.96. The van der Waals surface area contributed by atoms with E-state index >= 15 is 0 Å². The Morgan fingerprint density at radius 3 is 3.00 bits per heavy atom. The van der Waals surface area contributed by atoms with Crippen LogP contribution in [0.4, 0.5) is 5.95 Å². The second-order valence-corrected chi connectivity index (χ2v) is 5.16. The summed E-state index contributed by atoms with van der Waals surface area (Å²) in [6.45, 7) is 1.69. The van der Waals surface area contributed by atoms with Gasteiger partial charge in [-0.05, 0) is 18.9 Å². The smallest absolute Gasteiger partial charge is 0.226 e. The van der Waals surface area contributed by atoms with E-state index in [1.54, 1.807) is 0 Å². The third-order valence-electron chi connectivity index (χ3n) is 3.88. The highest BCUT2D eigenvalue weighted by Crippen LogP contribution is 2.22. The molecule has 0 spiro atoms. The minimum absolute atomic E-state index is 0.378. The van der Waals surface area contributed by atoms with Gasteiger partial charge in [-0.1, -0.05) is 31.0 Å². The van der Waals surface area contributed by atoms with E-state index < -0.39 is 0 Å². The number of nitrogens with zero attached hydrogens (tertiary/aromatic N) is 3. The van der Waals surface area contributed by atoms with Crippen LogP contribution in [0, 0.1) is 0 Å². The van der Waals surface area contributed by atoms with Gasteiger partial charge in [0.05, 0.1) is 5.52 Å². The van der Waals surface area contributed by atoms with Crippen LogP contribution in [-0.4, -0.2) is 29.1 Å². The molecular weight excluding hydrogens is 236 g/mol. The number of anilines is 1. The van der Waals surface area contributed by atoms with Crippen molar-refractivity contribution >= 4 is 16.9 Å². The van der Waals surface area contributed by atoms with E-state index in [1.807, 2.05) is 30.5 Å². The van der Waals surface area contributed by atoms with Crippen LogP contribution in [0.3, 0.4) is 0 Å². The average molecular weight is 256 g/mol. The van der Waals surface area contributed by atoms with Gasteiger partial charge in [0, 0.05) is 30.7 Å².